The molecular weight excluding hydrogens is 326 g/mol. The molecule has 0 saturated carbocycles. The Morgan fingerprint density at radius 3 is 2.80 bits per heavy atom. The quantitative estimate of drug-likeness (QED) is 0.825. The van der Waals surface area contributed by atoms with Crippen LogP contribution in [0.5, 0.6) is 5.75 Å². The number of rotatable bonds is 5. The second-order valence-electron chi connectivity index (χ2n) is 4.81. The van der Waals surface area contributed by atoms with Crippen molar-refractivity contribution in [1.82, 2.24) is 4.90 Å². The number of hydrogen-bond acceptors (Lipinski definition) is 5. The van der Waals surface area contributed by atoms with Crippen molar-refractivity contribution in [2.45, 2.75) is 19.1 Å². The third kappa shape index (κ3) is 3.50. The Labute approximate surface area is 126 Å². The maximum Gasteiger partial charge on any atom is 0.339 e. The van der Waals surface area contributed by atoms with Gasteiger partial charge >= 0.3 is 5.97 Å². The number of likely N-dealkylation sites (N-methyl/N-ethyl adjacent to an activating group) is 1. The van der Waals surface area contributed by atoms with Crippen LogP contribution in [0.2, 0.25) is 0 Å². The van der Waals surface area contributed by atoms with E-state index in [1.54, 1.807) is 25.1 Å². The van der Waals surface area contributed by atoms with E-state index in [2.05, 4.69) is 20.8 Å². The molecule has 20 heavy (non-hydrogen) atoms. The molecule has 1 heterocycles. The molecule has 0 aromatic heterocycles. The number of benzene rings is 1. The molecule has 110 valence electrons. The third-order valence-corrected chi connectivity index (χ3v) is 3.73. The van der Waals surface area contributed by atoms with Crippen molar-refractivity contribution in [3.05, 3.63) is 28.2 Å². The number of nitrogens with zero attached hydrogens (tertiary/aromatic N) is 1. The summed E-state index contributed by atoms with van der Waals surface area (Å²) in [6.45, 7) is 3.75. The van der Waals surface area contributed by atoms with E-state index in [0.29, 0.717) is 15.8 Å². The van der Waals surface area contributed by atoms with Gasteiger partial charge in [0.25, 0.3) is 0 Å². The Morgan fingerprint density at radius 1 is 1.55 bits per heavy atom. The first-order valence-electron chi connectivity index (χ1n) is 6.50. The molecule has 0 amide bonds. The Kier molecular flexibility index (Phi) is 5.01. The molecule has 6 heteroatoms. The van der Waals surface area contributed by atoms with Gasteiger partial charge in [0.05, 0.1) is 11.1 Å². The molecule has 1 unspecified atom stereocenters. The summed E-state index contributed by atoms with van der Waals surface area (Å²) in [5.41, 5.74) is 0.480. The second-order valence-corrected chi connectivity index (χ2v) is 5.66. The first-order valence-corrected chi connectivity index (χ1v) is 7.30. The van der Waals surface area contributed by atoms with E-state index >= 15 is 0 Å². The minimum Gasteiger partial charge on any atom is -0.487 e. The van der Waals surface area contributed by atoms with E-state index in [9.17, 15) is 9.90 Å². The zero-order chi connectivity index (χ0) is 14.7. The van der Waals surface area contributed by atoms with Crippen molar-refractivity contribution >= 4 is 21.9 Å². The van der Waals surface area contributed by atoms with E-state index in [0.717, 1.165) is 13.1 Å². The summed E-state index contributed by atoms with van der Waals surface area (Å²) in [6, 6.07) is 5.10. The lowest BCUT2D eigenvalue weighted by Crippen LogP contribution is -2.51. The molecule has 0 aliphatic carbocycles. The van der Waals surface area contributed by atoms with Crippen LogP contribution in [0.15, 0.2) is 22.7 Å². The lowest BCUT2D eigenvalue weighted by molar-refractivity contribution is -0.153. The second kappa shape index (κ2) is 6.56. The maximum atomic E-state index is 11.5. The highest BCUT2D eigenvalue weighted by Gasteiger charge is 2.26. The minimum absolute atomic E-state index is 0.192. The molecule has 1 N–H and O–H groups in total. The number of halogens is 1. The number of carbonyl (C=O) groups is 1. The molecule has 1 fully saturated rings. The van der Waals surface area contributed by atoms with Gasteiger partial charge in [-0.05, 0) is 47.6 Å². The topological polar surface area (TPSA) is 59.0 Å². The standard InChI is InChI=1S/C14H18BrNO4/c1-3-19-14(18)13(17)9-4-5-12(11(15)6-9)20-10-7-16(2)8-10/h4-6,10,13,17H,3,7-8H2,1-2H3. The fraction of sp³-hybridized carbons (Fsp3) is 0.500. The smallest absolute Gasteiger partial charge is 0.339 e. The highest BCUT2D eigenvalue weighted by atomic mass is 79.9. The van der Waals surface area contributed by atoms with Gasteiger partial charge in [-0.15, -0.1) is 0 Å². The van der Waals surface area contributed by atoms with Gasteiger partial charge in [0.1, 0.15) is 11.9 Å². The molecule has 1 aliphatic heterocycles. The number of likely N-dealkylation sites (tertiary alicyclic amines) is 1. The number of hydrogen-bond donors (Lipinski definition) is 1. The highest BCUT2D eigenvalue weighted by molar-refractivity contribution is 9.10. The molecule has 1 aliphatic rings. The molecule has 1 aromatic carbocycles. The number of ether oxygens (including phenoxy) is 2. The Morgan fingerprint density at radius 2 is 2.25 bits per heavy atom. The van der Waals surface area contributed by atoms with Gasteiger partial charge in [-0.25, -0.2) is 4.79 Å². The average Bonchev–Trinajstić information content (AvgIpc) is 2.38. The van der Waals surface area contributed by atoms with E-state index in [-0.39, 0.29) is 12.7 Å². The fourth-order valence-electron chi connectivity index (χ4n) is 2.04. The molecular formula is C14H18BrNO4. The van der Waals surface area contributed by atoms with Crippen molar-refractivity contribution in [2.24, 2.45) is 0 Å². The van der Waals surface area contributed by atoms with Gasteiger partial charge in [0, 0.05) is 13.1 Å². The predicted molar refractivity (Wildman–Crippen MR) is 77.6 cm³/mol. The van der Waals surface area contributed by atoms with E-state index in [1.807, 2.05) is 7.05 Å². The lowest BCUT2D eigenvalue weighted by atomic mass is 10.1. The van der Waals surface area contributed by atoms with Crippen molar-refractivity contribution in [2.75, 3.05) is 26.7 Å². The molecule has 5 nitrogen and oxygen atoms in total. The summed E-state index contributed by atoms with van der Waals surface area (Å²) in [5.74, 6) is 0.0663. The van der Waals surface area contributed by atoms with Crippen molar-refractivity contribution in [3.8, 4) is 5.75 Å². The van der Waals surface area contributed by atoms with Gasteiger partial charge < -0.3 is 14.6 Å². The number of esters is 1. The van der Waals surface area contributed by atoms with Crippen LogP contribution in [0.4, 0.5) is 0 Å². The van der Waals surface area contributed by atoms with Crippen molar-refractivity contribution in [1.29, 1.82) is 0 Å². The van der Waals surface area contributed by atoms with Crippen molar-refractivity contribution in [3.63, 3.8) is 0 Å². The first-order chi connectivity index (χ1) is 9.51. The first kappa shape index (κ1) is 15.3. The molecule has 1 saturated heterocycles. The number of aliphatic hydroxyl groups excluding tert-OH is 1. The summed E-state index contributed by atoms with van der Waals surface area (Å²) in [6.07, 6.45) is -1.08. The summed E-state index contributed by atoms with van der Waals surface area (Å²) < 4.78 is 11.3. The SMILES string of the molecule is CCOC(=O)C(O)c1ccc(OC2CN(C)C2)c(Br)c1. The summed E-state index contributed by atoms with van der Waals surface area (Å²) in [4.78, 5) is 13.6. The van der Waals surface area contributed by atoms with Crippen LogP contribution in [0.1, 0.15) is 18.6 Å². The van der Waals surface area contributed by atoms with E-state index in [1.165, 1.54) is 0 Å². The van der Waals surface area contributed by atoms with Gasteiger partial charge in [-0.3, -0.25) is 4.90 Å². The van der Waals surface area contributed by atoms with Gasteiger partial charge in [0.15, 0.2) is 6.10 Å². The molecule has 0 radical (unpaired) electrons. The molecule has 0 spiro atoms. The minimum atomic E-state index is -1.27. The van der Waals surface area contributed by atoms with Crippen LogP contribution in [0, 0.1) is 0 Å². The largest absolute Gasteiger partial charge is 0.487 e. The van der Waals surface area contributed by atoms with E-state index in [4.69, 9.17) is 9.47 Å². The summed E-state index contributed by atoms with van der Waals surface area (Å²) in [7, 11) is 2.04. The zero-order valence-corrected chi connectivity index (χ0v) is 13.1. The molecule has 0 bridgehead atoms. The monoisotopic (exact) mass is 343 g/mol. The maximum absolute atomic E-state index is 11.5. The van der Waals surface area contributed by atoms with Crippen LogP contribution >= 0.6 is 15.9 Å². The fourth-order valence-corrected chi connectivity index (χ4v) is 2.53. The zero-order valence-electron chi connectivity index (χ0n) is 11.5. The summed E-state index contributed by atoms with van der Waals surface area (Å²) in [5, 5.41) is 9.87. The van der Waals surface area contributed by atoms with Crippen LogP contribution in [0.3, 0.4) is 0 Å². The molecule has 1 aromatic rings. The van der Waals surface area contributed by atoms with Crippen LogP contribution < -0.4 is 4.74 Å². The third-order valence-electron chi connectivity index (χ3n) is 3.11. The van der Waals surface area contributed by atoms with Crippen molar-refractivity contribution < 1.29 is 19.4 Å². The highest BCUT2D eigenvalue weighted by Crippen LogP contribution is 2.30. The average molecular weight is 344 g/mol. The molecule has 1 atom stereocenters. The Hall–Kier alpha value is -1.11. The van der Waals surface area contributed by atoms with Gasteiger partial charge in [-0.2, -0.15) is 0 Å². The number of aliphatic hydroxyl groups is 1. The lowest BCUT2D eigenvalue weighted by Gasteiger charge is -2.36. The number of carbonyl (C=O) groups excluding carboxylic acids is 1. The Balaban J connectivity index is 2.03. The normalized spacial score (nSPS) is 17.4. The predicted octanol–water partition coefficient (Wildman–Crippen LogP) is 1.74. The Bertz CT molecular complexity index is 488. The van der Waals surface area contributed by atoms with Crippen LogP contribution in [-0.2, 0) is 9.53 Å². The van der Waals surface area contributed by atoms with E-state index < -0.39 is 12.1 Å². The van der Waals surface area contributed by atoms with Gasteiger partial charge in [0.2, 0.25) is 0 Å². The summed E-state index contributed by atoms with van der Waals surface area (Å²) >= 11 is 3.40. The van der Waals surface area contributed by atoms with Crippen LogP contribution in [0.25, 0.3) is 0 Å². The van der Waals surface area contributed by atoms with Gasteiger partial charge in [-0.1, -0.05) is 6.07 Å². The molecule has 2 rings (SSSR count). The van der Waals surface area contributed by atoms with Crippen LogP contribution in [-0.4, -0.2) is 48.8 Å².